The van der Waals surface area contributed by atoms with Crippen LogP contribution in [0.5, 0.6) is 5.75 Å². The van der Waals surface area contributed by atoms with E-state index in [0.29, 0.717) is 44.3 Å². The van der Waals surface area contributed by atoms with Crippen LogP contribution >= 0.6 is 27.5 Å². The van der Waals surface area contributed by atoms with Crippen LogP contribution in [0.3, 0.4) is 0 Å². The lowest BCUT2D eigenvalue weighted by atomic mass is 9.80. The average Bonchev–Trinajstić information content (AvgIpc) is 3.15. The van der Waals surface area contributed by atoms with Crippen LogP contribution in [0.1, 0.15) is 46.8 Å². The van der Waals surface area contributed by atoms with Gasteiger partial charge in [-0.3, -0.25) is 4.79 Å². The fraction of sp³-hybridized carbons (Fsp3) is 0.172. The first kappa shape index (κ1) is 24.3. The molecule has 1 atom stereocenters. The first-order chi connectivity index (χ1) is 17.4. The lowest BCUT2D eigenvalue weighted by molar-refractivity contribution is -0.138. The van der Waals surface area contributed by atoms with E-state index in [4.69, 9.17) is 21.1 Å². The van der Waals surface area contributed by atoms with Gasteiger partial charge in [0.25, 0.3) is 0 Å². The zero-order valence-corrected chi connectivity index (χ0v) is 22.1. The van der Waals surface area contributed by atoms with Crippen molar-refractivity contribution in [3.05, 3.63) is 115 Å². The number of halogens is 2. The molecule has 0 radical (unpaired) electrons. The van der Waals surface area contributed by atoms with E-state index in [9.17, 15) is 9.59 Å². The van der Waals surface area contributed by atoms with Crippen molar-refractivity contribution in [3.63, 3.8) is 0 Å². The molecule has 2 aliphatic rings. The predicted octanol–water partition coefficient (Wildman–Crippen LogP) is 6.81. The van der Waals surface area contributed by atoms with Crippen molar-refractivity contribution >= 4 is 45.0 Å². The Bertz CT molecular complexity index is 1460. The van der Waals surface area contributed by atoms with Gasteiger partial charge in [0.2, 0.25) is 0 Å². The maximum absolute atomic E-state index is 13.6. The van der Waals surface area contributed by atoms with E-state index in [2.05, 4.69) is 21.2 Å². The second-order valence-corrected chi connectivity index (χ2v) is 9.81. The van der Waals surface area contributed by atoms with Gasteiger partial charge in [-0.15, -0.1) is 0 Å². The number of dihydropyridines is 1. The number of carbonyl (C=O) groups excluding carboxylic acids is 2. The fourth-order valence-corrected chi connectivity index (χ4v) is 5.43. The molecule has 0 saturated carbocycles. The van der Waals surface area contributed by atoms with E-state index in [1.165, 1.54) is 0 Å². The van der Waals surface area contributed by atoms with E-state index in [0.717, 1.165) is 22.4 Å². The van der Waals surface area contributed by atoms with Crippen LogP contribution in [0.4, 0.5) is 0 Å². The van der Waals surface area contributed by atoms with Gasteiger partial charge < -0.3 is 14.8 Å². The molecule has 0 aromatic heterocycles. The molecule has 3 aromatic carbocycles. The van der Waals surface area contributed by atoms with Gasteiger partial charge in [-0.05, 0) is 53.5 Å². The maximum atomic E-state index is 13.6. The number of hydrogen-bond donors (Lipinski definition) is 1. The molecule has 1 aliphatic heterocycles. The highest BCUT2D eigenvalue weighted by Gasteiger charge is 2.43. The minimum Gasteiger partial charge on any atom is -0.488 e. The number of Topliss-reactive ketones (excluding diaryl/α,β-unsaturated/α-hetero) is 1. The largest absolute Gasteiger partial charge is 0.488 e. The minimum absolute atomic E-state index is 0.0948. The number of esters is 1. The lowest BCUT2D eigenvalue weighted by Gasteiger charge is -2.29. The quantitative estimate of drug-likeness (QED) is 0.333. The van der Waals surface area contributed by atoms with Gasteiger partial charge in [0, 0.05) is 38.9 Å². The number of ether oxygens (including phenoxy) is 2. The van der Waals surface area contributed by atoms with Gasteiger partial charge in [0.1, 0.15) is 12.4 Å². The summed E-state index contributed by atoms with van der Waals surface area (Å²) in [7, 11) is 0. The van der Waals surface area contributed by atoms with E-state index in [-0.39, 0.29) is 12.4 Å². The van der Waals surface area contributed by atoms with Gasteiger partial charge in [0.15, 0.2) is 5.78 Å². The first-order valence-electron chi connectivity index (χ1n) is 11.6. The number of nitrogens with one attached hydrogen (secondary N) is 1. The van der Waals surface area contributed by atoms with Crippen LogP contribution in [-0.4, -0.2) is 18.4 Å². The second kappa shape index (κ2) is 9.96. The molecule has 0 fully saturated rings. The Hall–Kier alpha value is -3.35. The van der Waals surface area contributed by atoms with Gasteiger partial charge in [0.05, 0.1) is 22.3 Å². The topological polar surface area (TPSA) is 64.6 Å². The third-order valence-electron chi connectivity index (χ3n) is 6.37. The molecule has 5 nitrogen and oxygen atoms in total. The van der Waals surface area contributed by atoms with Crippen LogP contribution in [0.2, 0.25) is 5.02 Å². The molecule has 0 amide bonds. The molecule has 1 aliphatic carbocycles. The van der Waals surface area contributed by atoms with Crippen LogP contribution < -0.4 is 10.1 Å². The molecule has 0 unspecified atom stereocenters. The number of hydrogen-bond acceptors (Lipinski definition) is 5. The third kappa shape index (κ3) is 4.25. The lowest BCUT2D eigenvalue weighted by Crippen LogP contribution is -2.29. The van der Waals surface area contributed by atoms with Crippen molar-refractivity contribution in [2.24, 2.45) is 0 Å². The summed E-state index contributed by atoms with van der Waals surface area (Å²) >= 11 is 9.88. The maximum Gasteiger partial charge on any atom is 0.336 e. The van der Waals surface area contributed by atoms with Crippen LogP contribution in [0.15, 0.2) is 88.0 Å². The van der Waals surface area contributed by atoms with Gasteiger partial charge in [-0.25, -0.2) is 4.79 Å². The fourth-order valence-electron chi connectivity index (χ4n) is 4.73. The van der Waals surface area contributed by atoms with Gasteiger partial charge in [-0.2, -0.15) is 0 Å². The van der Waals surface area contributed by atoms with Crippen molar-refractivity contribution in [1.29, 1.82) is 0 Å². The van der Waals surface area contributed by atoms with Crippen molar-refractivity contribution < 1.29 is 19.1 Å². The summed E-state index contributed by atoms with van der Waals surface area (Å²) in [6.07, 6.45) is 0. The number of rotatable bonds is 6. The standard InChI is InChI=1S/C29H23BrClNO4/c1-3-35-29(34)24-16(2)32-27-19-9-5-6-10-20(19)28(33)26(27)25(24)17-12-13-23(21(30)14-17)36-15-18-8-4-7-11-22(18)31/h4-14,25,32H,3,15H2,1-2H3/t25-/m1/s1. The zero-order valence-electron chi connectivity index (χ0n) is 19.7. The number of benzene rings is 3. The van der Waals surface area contributed by atoms with E-state index in [1.807, 2.05) is 73.7 Å². The monoisotopic (exact) mass is 563 g/mol. The summed E-state index contributed by atoms with van der Waals surface area (Å²) in [6.45, 7) is 4.15. The molecule has 0 bridgehead atoms. The molecule has 3 aromatic rings. The van der Waals surface area contributed by atoms with E-state index in [1.54, 1.807) is 6.92 Å². The summed E-state index contributed by atoms with van der Waals surface area (Å²) in [6, 6.07) is 20.6. The van der Waals surface area contributed by atoms with Crippen LogP contribution in [0.25, 0.3) is 5.70 Å². The van der Waals surface area contributed by atoms with Crippen molar-refractivity contribution in [2.45, 2.75) is 26.4 Å². The third-order valence-corrected chi connectivity index (χ3v) is 7.36. The Balaban J connectivity index is 1.55. The highest BCUT2D eigenvalue weighted by atomic mass is 79.9. The molecule has 0 saturated heterocycles. The summed E-state index contributed by atoms with van der Waals surface area (Å²) in [5, 5.41) is 3.95. The molecule has 1 N–H and O–H groups in total. The smallest absolute Gasteiger partial charge is 0.336 e. The molecule has 36 heavy (non-hydrogen) atoms. The molecule has 7 heteroatoms. The molecule has 1 heterocycles. The molecule has 0 spiro atoms. The summed E-state index contributed by atoms with van der Waals surface area (Å²) in [5.41, 5.74) is 5.48. The highest BCUT2D eigenvalue weighted by molar-refractivity contribution is 9.10. The predicted molar refractivity (Wildman–Crippen MR) is 143 cm³/mol. The van der Waals surface area contributed by atoms with Gasteiger partial charge >= 0.3 is 5.97 Å². The Morgan fingerprint density at radius 3 is 2.50 bits per heavy atom. The normalized spacial score (nSPS) is 16.4. The zero-order chi connectivity index (χ0) is 25.4. The summed E-state index contributed by atoms with van der Waals surface area (Å²) < 4.78 is 12.1. The molecular formula is C29H23BrClNO4. The summed E-state index contributed by atoms with van der Waals surface area (Å²) in [5.74, 6) is -0.504. The minimum atomic E-state index is -0.589. The number of allylic oxidation sites excluding steroid dienone is 2. The Morgan fingerprint density at radius 2 is 1.78 bits per heavy atom. The van der Waals surface area contributed by atoms with E-state index < -0.39 is 11.9 Å². The van der Waals surface area contributed by atoms with Gasteiger partial charge in [-0.1, -0.05) is 60.1 Å². The second-order valence-electron chi connectivity index (χ2n) is 8.55. The number of ketones is 1. The molecule has 182 valence electrons. The van der Waals surface area contributed by atoms with Crippen molar-refractivity contribution in [1.82, 2.24) is 5.32 Å². The van der Waals surface area contributed by atoms with Crippen LogP contribution in [-0.2, 0) is 16.1 Å². The molecule has 5 rings (SSSR count). The van der Waals surface area contributed by atoms with E-state index >= 15 is 0 Å². The molecular weight excluding hydrogens is 542 g/mol. The van der Waals surface area contributed by atoms with Crippen molar-refractivity contribution in [2.75, 3.05) is 6.61 Å². The Labute approximate surface area is 222 Å². The van der Waals surface area contributed by atoms with Crippen LogP contribution in [0, 0.1) is 0 Å². The number of fused-ring (bicyclic) bond motifs is 2. The first-order valence-corrected chi connectivity index (χ1v) is 12.8. The summed E-state index contributed by atoms with van der Waals surface area (Å²) in [4.78, 5) is 26.7. The SMILES string of the molecule is CCOC(=O)C1=C(C)NC2=C(C(=O)c3ccccc32)[C@@H]1c1ccc(OCc2ccccc2Cl)c(Br)c1. The van der Waals surface area contributed by atoms with Crippen molar-refractivity contribution in [3.8, 4) is 5.75 Å². The number of carbonyl (C=O) groups is 2. The Kier molecular flexibility index (Phi) is 6.73. The highest BCUT2D eigenvalue weighted by Crippen LogP contribution is 2.47. The Morgan fingerprint density at radius 1 is 1.06 bits per heavy atom. The average molecular weight is 565 g/mol.